The third kappa shape index (κ3) is 0.977. The molecule has 2 aromatic rings. The van der Waals surface area contributed by atoms with E-state index in [0.717, 1.165) is 5.39 Å². The number of H-pyrrole nitrogens is 1. The summed E-state index contributed by atoms with van der Waals surface area (Å²) in [5.74, 6) is 0. The van der Waals surface area contributed by atoms with E-state index < -0.39 is 0 Å². The van der Waals surface area contributed by atoms with E-state index in [9.17, 15) is 0 Å². The molecule has 0 unspecified atom stereocenters. The number of aromatic amines is 1. The Bertz CT molecular complexity index is 286. The van der Waals surface area contributed by atoms with E-state index >= 15 is 0 Å². The van der Waals surface area contributed by atoms with Crippen LogP contribution in [-0.2, 0) is 0 Å². The summed E-state index contributed by atoms with van der Waals surface area (Å²) < 4.78 is 0. The van der Waals surface area contributed by atoms with E-state index in [-0.39, 0.29) is 12.4 Å². The molecule has 0 atom stereocenters. The highest BCUT2D eigenvalue weighted by Gasteiger charge is 1.87. The molecular weight excluding hydrogens is 148 g/mol. The third-order valence-corrected chi connectivity index (χ3v) is 1.36. The van der Waals surface area contributed by atoms with E-state index in [4.69, 9.17) is 0 Å². The van der Waals surface area contributed by atoms with E-state index in [2.05, 4.69) is 9.97 Å². The Morgan fingerprint density at radius 1 is 1.20 bits per heavy atom. The molecule has 0 bridgehead atoms. The molecule has 0 radical (unpaired) electrons. The van der Waals surface area contributed by atoms with Crippen LogP contribution in [0.1, 0.15) is 0 Å². The SMILES string of the molecule is Cl.c1cc2c[nH]cc2cn1. The van der Waals surface area contributed by atoms with Crippen molar-refractivity contribution in [3.05, 3.63) is 30.9 Å². The smallest absolute Gasteiger partial charge is 0.0361 e. The molecule has 2 heterocycles. The van der Waals surface area contributed by atoms with Gasteiger partial charge in [-0.15, -0.1) is 12.4 Å². The Hall–Kier alpha value is -1.02. The number of hydrogen-bond acceptors (Lipinski definition) is 1. The van der Waals surface area contributed by atoms with Gasteiger partial charge in [0.05, 0.1) is 0 Å². The first-order valence-electron chi connectivity index (χ1n) is 2.83. The largest absolute Gasteiger partial charge is 0.366 e. The zero-order chi connectivity index (χ0) is 6.10. The summed E-state index contributed by atoms with van der Waals surface area (Å²) in [6.07, 6.45) is 7.52. The minimum Gasteiger partial charge on any atom is -0.366 e. The fraction of sp³-hybridized carbons (Fsp3) is 0. The van der Waals surface area contributed by atoms with Crippen LogP contribution in [0.15, 0.2) is 30.9 Å². The van der Waals surface area contributed by atoms with Gasteiger partial charge in [0.2, 0.25) is 0 Å². The predicted octanol–water partition coefficient (Wildman–Crippen LogP) is 1.98. The second kappa shape index (κ2) is 2.71. The zero-order valence-corrected chi connectivity index (χ0v) is 6.06. The highest BCUT2D eigenvalue weighted by Crippen LogP contribution is 2.08. The molecule has 0 aliphatic rings. The van der Waals surface area contributed by atoms with Gasteiger partial charge >= 0.3 is 0 Å². The van der Waals surface area contributed by atoms with Crippen LogP contribution in [0.3, 0.4) is 0 Å². The molecule has 3 heteroatoms. The quantitative estimate of drug-likeness (QED) is 0.618. The number of halogens is 1. The summed E-state index contributed by atoms with van der Waals surface area (Å²) in [5, 5.41) is 2.38. The number of nitrogens with one attached hydrogen (secondary N) is 1. The van der Waals surface area contributed by atoms with Crippen LogP contribution in [0.5, 0.6) is 0 Å². The Morgan fingerprint density at radius 3 is 2.80 bits per heavy atom. The minimum atomic E-state index is 0. The van der Waals surface area contributed by atoms with Gasteiger partial charge in [0.15, 0.2) is 0 Å². The zero-order valence-electron chi connectivity index (χ0n) is 5.24. The fourth-order valence-corrected chi connectivity index (χ4v) is 0.891. The van der Waals surface area contributed by atoms with Gasteiger partial charge in [0.1, 0.15) is 0 Å². The lowest BCUT2D eigenvalue weighted by Crippen LogP contribution is -1.65. The molecule has 0 aliphatic heterocycles. The van der Waals surface area contributed by atoms with Gasteiger partial charge in [0, 0.05) is 35.6 Å². The molecule has 0 saturated heterocycles. The Labute approximate surface area is 64.7 Å². The first-order chi connectivity index (χ1) is 4.47. The number of rotatable bonds is 0. The van der Waals surface area contributed by atoms with Gasteiger partial charge in [0.25, 0.3) is 0 Å². The lowest BCUT2D eigenvalue weighted by atomic mass is 10.3. The summed E-state index contributed by atoms with van der Waals surface area (Å²) >= 11 is 0. The summed E-state index contributed by atoms with van der Waals surface area (Å²) in [7, 11) is 0. The molecule has 0 aliphatic carbocycles. The number of pyridine rings is 1. The molecule has 52 valence electrons. The highest BCUT2D eigenvalue weighted by atomic mass is 35.5. The molecule has 2 rings (SSSR count). The van der Waals surface area contributed by atoms with Crippen molar-refractivity contribution in [2.75, 3.05) is 0 Å². The van der Waals surface area contributed by atoms with Gasteiger partial charge in [-0.05, 0) is 6.07 Å². The molecule has 0 amide bonds. The molecule has 2 nitrogen and oxygen atoms in total. The minimum absolute atomic E-state index is 0. The lowest BCUT2D eigenvalue weighted by Gasteiger charge is -1.81. The second-order valence-electron chi connectivity index (χ2n) is 1.96. The first kappa shape index (κ1) is 7.09. The Balaban J connectivity index is 0.000000500. The van der Waals surface area contributed by atoms with Crippen LogP contribution in [0.4, 0.5) is 0 Å². The Kier molecular flexibility index (Phi) is 1.92. The van der Waals surface area contributed by atoms with Crippen molar-refractivity contribution in [3.63, 3.8) is 0 Å². The molecule has 0 spiro atoms. The molecule has 10 heavy (non-hydrogen) atoms. The van der Waals surface area contributed by atoms with Crippen molar-refractivity contribution in [2.24, 2.45) is 0 Å². The van der Waals surface area contributed by atoms with Crippen molar-refractivity contribution < 1.29 is 0 Å². The monoisotopic (exact) mass is 154 g/mol. The number of aromatic nitrogens is 2. The number of fused-ring (bicyclic) bond motifs is 1. The van der Waals surface area contributed by atoms with Crippen molar-refractivity contribution in [3.8, 4) is 0 Å². The van der Waals surface area contributed by atoms with E-state index in [1.54, 1.807) is 6.20 Å². The molecule has 0 aromatic carbocycles. The predicted molar refractivity (Wildman–Crippen MR) is 43.3 cm³/mol. The van der Waals surface area contributed by atoms with Gasteiger partial charge in [-0.25, -0.2) is 0 Å². The van der Waals surface area contributed by atoms with Crippen molar-refractivity contribution in [1.82, 2.24) is 9.97 Å². The van der Waals surface area contributed by atoms with Crippen molar-refractivity contribution in [1.29, 1.82) is 0 Å². The molecule has 0 fully saturated rings. The number of hydrogen-bond donors (Lipinski definition) is 1. The average molecular weight is 155 g/mol. The van der Waals surface area contributed by atoms with Crippen LogP contribution in [0, 0.1) is 0 Å². The van der Waals surface area contributed by atoms with Gasteiger partial charge in [-0.3, -0.25) is 4.98 Å². The van der Waals surface area contributed by atoms with E-state index in [1.165, 1.54) is 5.39 Å². The van der Waals surface area contributed by atoms with Crippen LogP contribution in [0.2, 0.25) is 0 Å². The summed E-state index contributed by atoms with van der Waals surface area (Å²) in [4.78, 5) is 6.96. The van der Waals surface area contributed by atoms with Crippen LogP contribution in [0.25, 0.3) is 10.8 Å². The maximum Gasteiger partial charge on any atom is 0.0361 e. The normalized spacial score (nSPS) is 9.20. The molecule has 0 saturated carbocycles. The van der Waals surface area contributed by atoms with E-state index in [0.29, 0.717) is 0 Å². The average Bonchev–Trinajstić information content (AvgIpc) is 2.33. The fourth-order valence-electron chi connectivity index (χ4n) is 0.891. The topological polar surface area (TPSA) is 28.7 Å². The summed E-state index contributed by atoms with van der Waals surface area (Å²) in [6.45, 7) is 0. The first-order valence-corrected chi connectivity index (χ1v) is 2.83. The maximum absolute atomic E-state index is 3.97. The van der Waals surface area contributed by atoms with Gasteiger partial charge < -0.3 is 4.98 Å². The summed E-state index contributed by atoms with van der Waals surface area (Å²) in [5.41, 5.74) is 0. The third-order valence-electron chi connectivity index (χ3n) is 1.36. The standard InChI is InChI=1S/C7H6N2.ClH/c1-2-8-4-7-5-9-3-6(1)7;/h1-5,9H;1H. The summed E-state index contributed by atoms with van der Waals surface area (Å²) in [6, 6.07) is 1.98. The van der Waals surface area contributed by atoms with Crippen LogP contribution < -0.4 is 0 Å². The maximum atomic E-state index is 3.97. The van der Waals surface area contributed by atoms with Gasteiger partial charge in [-0.1, -0.05) is 0 Å². The highest BCUT2D eigenvalue weighted by molar-refractivity contribution is 5.85. The van der Waals surface area contributed by atoms with Crippen LogP contribution >= 0.6 is 12.4 Å². The number of nitrogens with zero attached hydrogens (tertiary/aromatic N) is 1. The molecular formula is C7H7ClN2. The van der Waals surface area contributed by atoms with Crippen molar-refractivity contribution >= 4 is 23.2 Å². The second-order valence-corrected chi connectivity index (χ2v) is 1.96. The van der Waals surface area contributed by atoms with Crippen LogP contribution in [-0.4, -0.2) is 9.97 Å². The van der Waals surface area contributed by atoms with Crippen molar-refractivity contribution in [2.45, 2.75) is 0 Å². The molecule has 2 aromatic heterocycles. The molecule has 1 N–H and O–H groups in total. The Morgan fingerprint density at radius 2 is 2.00 bits per heavy atom. The van der Waals surface area contributed by atoms with Gasteiger partial charge in [-0.2, -0.15) is 0 Å². The van der Waals surface area contributed by atoms with E-state index in [1.807, 2.05) is 24.7 Å². The lowest BCUT2D eigenvalue weighted by molar-refractivity contribution is 1.37.